The molecule has 6 heteroatoms. The number of hydrogen-bond donors (Lipinski definition) is 2. The Labute approximate surface area is 174 Å². The van der Waals surface area contributed by atoms with Crippen LogP contribution in [0.1, 0.15) is 46.6 Å². The van der Waals surface area contributed by atoms with E-state index in [2.05, 4.69) is 39.5 Å². The predicted molar refractivity (Wildman–Crippen MR) is 116 cm³/mol. The van der Waals surface area contributed by atoms with Crippen LogP contribution in [0.25, 0.3) is 22.3 Å². The minimum Gasteiger partial charge on any atom is -0.366 e. The molecule has 150 valence electrons. The van der Waals surface area contributed by atoms with Crippen LogP contribution >= 0.6 is 0 Å². The van der Waals surface area contributed by atoms with E-state index in [1.807, 2.05) is 19.1 Å². The Morgan fingerprint density at radius 3 is 2.93 bits per heavy atom. The number of aromatic nitrogens is 2. The van der Waals surface area contributed by atoms with Crippen LogP contribution < -0.4 is 11.1 Å². The van der Waals surface area contributed by atoms with Crippen LogP contribution in [0, 0.1) is 12.8 Å². The van der Waals surface area contributed by atoms with Gasteiger partial charge in [-0.15, -0.1) is 0 Å². The first kappa shape index (κ1) is 17.4. The number of fused-ring (bicyclic) bond motifs is 6. The van der Waals surface area contributed by atoms with Gasteiger partial charge >= 0.3 is 0 Å². The summed E-state index contributed by atoms with van der Waals surface area (Å²) in [6.45, 7) is 2.02. The number of hydrogen-bond acceptors (Lipinski definition) is 5. The maximum atomic E-state index is 12.0. The second-order valence-corrected chi connectivity index (χ2v) is 8.57. The molecule has 6 rings (SSSR count). The number of benzene rings is 1. The largest absolute Gasteiger partial charge is 0.366 e. The van der Waals surface area contributed by atoms with Gasteiger partial charge in [0.2, 0.25) is 5.91 Å². The predicted octanol–water partition coefficient (Wildman–Crippen LogP) is 3.28. The zero-order valence-corrected chi connectivity index (χ0v) is 16.8. The number of amides is 1. The standard InChI is InChI=1S/C24H23N5O/c1-13-3-2-4-20(27-13)21-22(29-16-7-5-15(11-16)24(29)28-21)14-6-8-19-18(12-14)17(23(25)30)9-10-26-19/h2-4,6,8-10,12,15-16,24,28H,5,7,11H2,1H3,(H2,25,30). The topological polar surface area (TPSA) is 84.1 Å². The summed E-state index contributed by atoms with van der Waals surface area (Å²) >= 11 is 0. The Morgan fingerprint density at radius 1 is 1.20 bits per heavy atom. The molecule has 1 amide bonds. The third-order valence-electron chi connectivity index (χ3n) is 6.80. The van der Waals surface area contributed by atoms with Crippen LogP contribution in [-0.2, 0) is 0 Å². The van der Waals surface area contributed by atoms with Crippen molar-refractivity contribution in [2.45, 2.75) is 38.4 Å². The van der Waals surface area contributed by atoms with Crippen molar-refractivity contribution in [3.05, 3.63) is 71.2 Å². The number of pyridine rings is 2. The van der Waals surface area contributed by atoms with Crippen molar-refractivity contribution >= 4 is 28.2 Å². The number of nitrogens with two attached hydrogens (primary N) is 1. The summed E-state index contributed by atoms with van der Waals surface area (Å²) in [6.07, 6.45) is 5.68. The summed E-state index contributed by atoms with van der Waals surface area (Å²) < 4.78 is 0. The molecule has 1 saturated carbocycles. The summed E-state index contributed by atoms with van der Waals surface area (Å²) in [5, 5.41) is 4.59. The molecule has 0 spiro atoms. The zero-order chi connectivity index (χ0) is 20.4. The second-order valence-electron chi connectivity index (χ2n) is 8.57. The fraction of sp³-hybridized carbons (Fsp3) is 0.292. The highest BCUT2D eigenvalue weighted by Gasteiger charge is 2.51. The van der Waals surface area contributed by atoms with Crippen molar-refractivity contribution in [3.63, 3.8) is 0 Å². The van der Waals surface area contributed by atoms with E-state index < -0.39 is 5.91 Å². The highest BCUT2D eigenvalue weighted by molar-refractivity contribution is 6.06. The minimum absolute atomic E-state index is 0.316. The summed E-state index contributed by atoms with van der Waals surface area (Å²) in [5.41, 5.74) is 12.2. The molecule has 2 aliphatic heterocycles. The SMILES string of the molecule is Cc1cccc(C2=C(c3ccc4nccc(C(N)=O)c4c3)N3C4CCC(C4)C3N2)n1. The molecular weight excluding hydrogens is 374 g/mol. The number of piperidine rings is 1. The first-order chi connectivity index (χ1) is 14.6. The molecule has 3 unspecified atom stereocenters. The first-order valence-corrected chi connectivity index (χ1v) is 10.5. The number of rotatable bonds is 3. The zero-order valence-electron chi connectivity index (χ0n) is 16.8. The lowest BCUT2D eigenvalue weighted by Gasteiger charge is -2.33. The van der Waals surface area contributed by atoms with Gasteiger partial charge in [-0.1, -0.05) is 12.1 Å². The molecule has 1 saturated heterocycles. The number of nitrogens with one attached hydrogen (secondary N) is 1. The number of carbonyl (C=O) groups excluding carboxylic acids is 1. The molecule has 2 aromatic heterocycles. The van der Waals surface area contributed by atoms with Crippen LogP contribution in [0.3, 0.4) is 0 Å². The normalized spacial score (nSPS) is 24.4. The van der Waals surface area contributed by atoms with Crippen molar-refractivity contribution in [1.29, 1.82) is 0 Å². The lowest BCUT2D eigenvalue weighted by molar-refractivity contribution is 0.100. The van der Waals surface area contributed by atoms with Crippen LogP contribution in [0.5, 0.6) is 0 Å². The minimum atomic E-state index is -0.434. The maximum absolute atomic E-state index is 12.0. The van der Waals surface area contributed by atoms with E-state index in [9.17, 15) is 4.79 Å². The van der Waals surface area contributed by atoms with Crippen molar-refractivity contribution in [2.24, 2.45) is 11.7 Å². The third-order valence-corrected chi connectivity index (χ3v) is 6.80. The van der Waals surface area contributed by atoms with Crippen LogP contribution in [0.2, 0.25) is 0 Å². The van der Waals surface area contributed by atoms with Crippen molar-refractivity contribution < 1.29 is 4.79 Å². The number of aryl methyl sites for hydroxylation is 1. The molecule has 30 heavy (non-hydrogen) atoms. The monoisotopic (exact) mass is 397 g/mol. The number of carbonyl (C=O) groups is 1. The van der Waals surface area contributed by atoms with Crippen LogP contribution in [0.4, 0.5) is 0 Å². The van der Waals surface area contributed by atoms with Gasteiger partial charge in [-0.25, -0.2) is 0 Å². The average molecular weight is 397 g/mol. The molecule has 1 aliphatic carbocycles. The fourth-order valence-electron chi connectivity index (χ4n) is 5.52. The van der Waals surface area contributed by atoms with Gasteiger partial charge in [0.05, 0.1) is 28.2 Å². The van der Waals surface area contributed by atoms with E-state index in [1.165, 1.54) is 25.0 Å². The molecule has 6 nitrogen and oxygen atoms in total. The van der Waals surface area contributed by atoms with Gasteiger partial charge in [0, 0.05) is 28.9 Å². The molecule has 2 bridgehead atoms. The lowest BCUT2D eigenvalue weighted by Crippen LogP contribution is -2.41. The van der Waals surface area contributed by atoms with Gasteiger partial charge in [0.1, 0.15) is 6.17 Å². The van der Waals surface area contributed by atoms with Crippen molar-refractivity contribution in [1.82, 2.24) is 20.2 Å². The third kappa shape index (κ3) is 2.46. The van der Waals surface area contributed by atoms with Gasteiger partial charge in [0.25, 0.3) is 0 Å². The fourth-order valence-corrected chi connectivity index (χ4v) is 5.52. The molecule has 3 N–H and O–H groups in total. The second kappa shape index (κ2) is 6.29. The Hall–Kier alpha value is -3.41. The maximum Gasteiger partial charge on any atom is 0.249 e. The molecule has 0 radical (unpaired) electrons. The Balaban J connectivity index is 1.58. The van der Waals surface area contributed by atoms with Crippen molar-refractivity contribution in [3.8, 4) is 0 Å². The summed E-state index contributed by atoms with van der Waals surface area (Å²) in [4.78, 5) is 23.8. The summed E-state index contributed by atoms with van der Waals surface area (Å²) in [6, 6.07) is 14.5. The van der Waals surface area contributed by atoms with E-state index in [0.717, 1.165) is 33.6 Å². The molecule has 2 fully saturated rings. The first-order valence-electron chi connectivity index (χ1n) is 10.5. The van der Waals surface area contributed by atoms with E-state index in [1.54, 1.807) is 12.3 Å². The molecule has 1 aromatic carbocycles. The quantitative estimate of drug-likeness (QED) is 0.709. The van der Waals surface area contributed by atoms with E-state index in [0.29, 0.717) is 23.7 Å². The summed E-state index contributed by atoms with van der Waals surface area (Å²) in [7, 11) is 0. The molecular formula is C24H23N5O. The Bertz CT molecular complexity index is 1230. The van der Waals surface area contributed by atoms with E-state index in [-0.39, 0.29) is 0 Å². The Morgan fingerprint density at radius 2 is 2.10 bits per heavy atom. The van der Waals surface area contributed by atoms with Gasteiger partial charge in [-0.05, 0) is 62.4 Å². The van der Waals surface area contributed by atoms with Gasteiger partial charge in [-0.2, -0.15) is 0 Å². The van der Waals surface area contributed by atoms with Gasteiger partial charge in [-0.3, -0.25) is 14.8 Å². The highest BCUT2D eigenvalue weighted by Crippen LogP contribution is 2.50. The summed E-state index contributed by atoms with van der Waals surface area (Å²) in [5.74, 6) is 0.229. The molecule has 3 aliphatic rings. The van der Waals surface area contributed by atoms with Crippen LogP contribution in [-0.4, -0.2) is 33.0 Å². The lowest BCUT2D eigenvalue weighted by atomic mass is 10.0. The van der Waals surface area contributed by atoms with E-state index >= 15 is 0 Å². The molecule has 4 heterocycles. The average Bonchev–Trinajstić information content (AvgIpc) is 3.45. The van der Waals surface area contributed by atoms with Gasteiger partial charge in [0.15, 0.2) is 0 Å². The molecule has 3 aromatic rings. The number of nitrogens with zero attached hydrogens (tertiary/aromatic N) is 3. The highest BCUT2D eigenvalue weighted by atomic mass is 16.1. The van der Waals surface area contributed by atoms with Crippen LogP contribution in [0.15, 0.2) is 48.7 Å². The smallest absolute Gasteiger partial charge is 0.249 e. The number of primary amides is 1. The van der Waals surface area contributed by atoms with Crippen molar-refractivity contribution in [2.75, 3.05) is 0 Å². The molecule has 3 atom stereocenters. The van der Waals surface area contributed by atoms with Gasteiger partial charge < -0.3 is 16.0 Å². The Kier molecular flexibility index (Phi) is 3.66. The van der Waals surface area contributed by atoms with E-state index in [4.69, 9.17) is 10.7 Å².